The van der Waals surface area contributed by atoms with Crippen LogP contribution in [0.2, 0.25) is 0 Å². The van der Waals surface area contributed by atoms with Crippen molar-refractivity contribution in [2.24, 2.45) is 5.92 Å². The zero-order chi connectivity index (χ0) is 14.7. The van der Waals surface area contributed by atoms with Crippen molar-refractivity contribution in [3.8, 4) is 0 Å². The van der Waals surface area contributed by atoms with E-state index in [9.17, 15) is 8.78 Å². The second-order valence-electron chi connectivity index (χ2n) is 5.63. The fourth-order valence-corrected chi connectivity index (χ4v) is 4.06. The Labute approximate surface area is 128 Å². The van der Waals surface area contributed by atoms with Crippen LogP contribution in [0.15, 0.2) is 35.7 Å². The summed E-state index contributed by atoms with van der Waals surface area (Å²) in [4.78, 5) is 1.29. The second-order valence-corrected chi connectivity index (χ2v) is 6.61. The Morgan fingerprint density at radius 2 is 1.95 bits per heavy atom. The third-order valence-electron chi connectivity index (χ3n) is 4.26. The first kappa shape index (κ1) is 14.7. The minimum absolute atomic E-state index is 0.246. The van der Waals surface area contributed by atoms with Crippen LogP contribution in [0.3, 0.4) is 0 Å². The van der Waals surface area contributed by atoms with E-state index in [0.717, 1.165) is 6.07 Å². The molecule has 0 spiro atoms. The minimum atomic E-state index is -0.775. The summed E-state index contributed by atoms with van der Waals surface area (Å²) in [5.74, 6) is -0.913. The van der Waals surface area contributed by atoms with E-state index >= 15 is 0 Å². The molecule has 1 aliphatic rings. The van der Waals surface area contributed by atoms with Gasteiger partial charge in [0, 0.05) is 23.0 Å². The SMILES string of the molecule is Fc1cccc(CNC(c2cccs2)C2CCCC2)c1F. The number of rotatable bonds is 5. The van der Waals surface area contributed by atoms with Crippen LogP contribution in [0.25, 0.3) is 0 Å². The Hall–Kier alpha value is -1.26. The molecule has 0 aliphatic heterocycles. The molecule has 1 saturated carbocycles. The highest BCUT2D eigenvalue weighted by molar-refractivity contribution is 7.10. The lowest BCUT2D eigenvalue weighted by Gasteiger charge is -2.24. The minimum Gasteiger partial charge on any atom is -0.305 e. The molecule has 1 aliphatic carbocycles. The molecular formula is C17H19F2NS. The van der Waals surface area contributed by atoms with Crippen LogP contribution in [0, 0.1) is 17.6 Å². The number of nitrogens with one attached hydrogen (secondary N) is 1. The van der Waals surface area contributed by atoms with Crippen molar-refractivity contribution in [1.82, 2.24) is 5.32 Å². The van der Waals surface area contributed by atoms with Crippen LogP contribution < -0.4 is 5.32 Å². The molecule has 3 rings (SSSR count). The first-order chi connectivity index (χ1) is 10.3. The topological polar surface area (TPSA) is 12.0 Å². The summed E-state index contributed by atoms with van der Waals surface area (Å²) < 4.78 is 27.0. The lowest BCUT2D eigenvalue weighted by Crippen LogP contribution is -2.26. The van der Waals surface area contributed by atoms with E-state index in [4.69, 9.17) is 0 Å². The molecule has 1 nitrogen and oxygen atoms in total. The fraction of sp³-hybridized carbons (Fsp3) is 0.412. The van der Waals surface area contributed by atoms with Gasteiger partial charge in [-0.05, 0) is 36.3 Å². The number of halogens is 2. The van der Waals surface area contributed by atoms with Crippen molar-refractivity contribution in [3.05, 3.63) is 57.8 Å². The van der Waals surface area contributed by atoms with Gasteiger partial charge < -0.3 is 5.32 Å². The lowest BCUT2D eigenvalue weighted by atomic mass is 9.96. The van der Waals surface area contributed by atoms with Gasteiger partial charge in [-0.2, -0.15) is 0 Å². The molecule has 2 aromatic rings. The third-order valence-corrected chi connectivity index (χ3v) is 5.22. The summed E-state index contributed by atoms with van der Waals surface area (Å²) in [6.45, 7) is 0.364. The third kappa shape index (κ3) is 3.33. The zero-order valence-electron chi connectivity index (χ0n) is 11.8. The van der Waals surface area contributed by atoms with Crippen LogP contribution in [0.1, 0.15) is 42.2 Å². The fourth-order valence-electron chi connectivity index (χ4n) is 3.16. The van der Waals surface area contributed by atoms with Crippen LogP contribution in [-0.2, 0) is 6.54 Å². The summed E-state index contributed by atoms with van der Waals surface area (Å²) in [6.07, 6.45) is 4.95. The molecule has 0 saturated heterocycles. The maximum absolute atomic E-state index is 13.8. The highest BCUT2D eigenvalue weighted by Gasteiger charge is 2.26. The molecule has 1 heterocycles. The molecule has 1 aromatic carbocycles. The lowest BCUT2D eigenvalue weighted by molar-refractivity contribution is 0.367. The molecule has 0 bridgehead atoms. The van der Waals surface area contributed by atoms with Crippen molar-refractivity contribution in [2.75, 3.05) is 0 Å². The predicted octanol–water partition coefficient (Wildman–Crippen LogP) is 5.05. The van der Waals surface area contributed by atoms with Crippen molar-refractivity contribution in [1.29, 1.82) is 0 Å². The molecular weight excluding hydrogens is 288 g/mol. The summed E-state index contributed by atoms with van der Waals surface area (Å²) in [7, 11) is 0. The highest BCUT2D eigenvalue weighted by Crippen LogP contribution is 2.37. The van der Waals surface area contributed by atoms with Gasteiger partial charge in [-0.3, -0.25) is 0 Å². The molecule has 1 unspecified atom stereocenters. The standard InChI is InChI=1S/C17H19F2NS/c18-14-8-3-7-13(16(14)19)11-20-17(12-5-1-2-6-12)15-9-4-10-21-15/h3-4,7-10,12,17,20H,1-2,5-6,11H2. The van der Waals surface area contributed by atoms with Gasteiger partial charge in [0.25, 0.3) is 0 Å². The molecule has 112 valence electrons. The Balaban J connectivity index is 1.74. The van der Waals surface area contributed by atoms with Crippen LogP contribution in [-0.4, -0.2) is 0 Å². The second kappa shape index (κ2) is 6.67. The first-order valence-electron chi connectivity index (χ1n) is 7.45. The van der Waals surface area contributed by atoms with Crippen LogP contribution >= 0.6 is 11.3 Å². The van der Waals surface area contributed by atoms with Gasteiger partial charge in [-0.25, -0.2) is 8.78 Å². The first-order valence-corrected chi connectivity index (χ1v) is 8.33. The molecule has 1 fully saturated rings. The quantitative estimate of drug-likeness (QED) is 0.815. The van der Waals surface area contributed by atoms with E-state index in [1.165, 1.54) is 30.6 Å². The molecule has 1 atom stereocenters. The number of hydrogen-bond donors (Lipinski definition) is 1. The normalized spacial score (nSPS) is 17.2. The van der Waals surface area contributed by atoms with Gasteiger partial charge in [0.15, 0.2) is 11.6 Å². The van der Waals surface area contributed by atoms with Crippen molar-refractivity contribution in [2.45, 2.75) is 38.3 Å². The Morgan fingerprint density at radius 1 is 1.14 bits per heavy atom. The molecule has 0 radical (unpaired) electrons. The van der Waals surface area contributed by atoms with Crippen molar-refractivity contribution >= 4 is 11.3 Å². The summed E-state index contributed by atoms with van der Waals surface area (Å²) >= 11 is 1.73. The Kier molecular flexibility index (Phi) is 4.66. The van der Waals surface area contributed by atoms with Crippen LogP contribution in [0.4, 0.5) is 8.78 Å². The Bertz CT molecular complexity index is 576. The van der Waals surface area contributed by atoms with Gasteiger partial charge in [0.2, 0.25) is 0 Å². The van der Waals surface area contributed by atoms with Gasteiger partial charge in [-0.1, -0.05) is 31.0 Å². The molecule has 1 N–H and O–H groups in total. The summed E-state index contributed by atoms with van der Waals surface area (Å²) in [5, 5.41) is 5.52. The van der Waals surface area contributed by atoms with Crippen molar-refractivity contribution in [3.63, 3.8) is 0 Å². The highest BCUT2D eigenvalue weighted by atomic mass is 32.1. The average molecular weight is 307 g/mol. The molecule has 1 aromatic heterocycles. The molecule has 0 amide bonds. The van der Waals surface area contributed by atoms with Crippen LogP contribution in [0.5, 0.6) is 0 Å². The van der Waals surface area contributed by atoms with Gasteiger partial charge in [-0.15, -0.1) is 11.3 Å². The van der Waals surface area contributed by atoms with E-state index in [2.05, 4.69) is 16.8 Å². The maximum Gasteiger partial charge on any atom is 0.163 e. The van der Waals surface area contributed by atoms with Crippen molar-refractivity contribution < 1.29 is 8.78 Å². The van der Waals surface area contributed by atoms with E-state index in [-0.39, 0.29) is 6.04 Å². The largest absolute Gasteiger partial charge is 0.305 e. The van der Waals surface area contributed by atoms with E-state index in [1.807, 2.05) is 6.07 Å². The molecule has 4 heteroatoms. The average Bonchev–Trinajstić information content (AvgIpc) is 3.17. The van der Waals surface area contributed by atoms with Gasteiger partial charge >= 0.3 is 0 Å². The summed E-state index contributed by atoms with van der Waals surface area (Å²) in [5.41, 5.74) is 0.398. The van der Waals surface area contributed by atoms with E-state index in [1.54, 1.807) is 23.5 Å². The van der Waals surface area contributed by atoms with Gasteiger partial charge in [0.1, 0.15) is 0 Å². The van der Waals surface area contributed by atoms with Gasteiger partial charge in [0.05, 0.1) is 0 Å². The number of thiophene rings is 1. The predicted molar refractivity (Wildman–Crippen MR) is 82.2 cm³/mol. The monoisotopic (exact) mass is 307 g/mol. The van der Waals surface area contributed by atoms with E-state index < -0.39 is 11.6 Å². The Morgan fingerprint density at radius 3 is 2.67 bits per heavy atom. The number of benzene rings is 1. The summed E-state index contributed by atoms with van der Waals surface area (Å²) in [6, 6.07) is 8.79. The smallest absolute Gasteiger partial charge is 0.163 e. The zero-order valence-corrected chi connectivity index (χ0v) is 12.6. The van der Waals surface area contributed by atoms with E-state index in [0.29, 0.717) is 18.0 Å². The molecule has 21 heavy (non-hydrogen) atoms. The maximum atomic E-state index is 13.8. The number of hydrogen-bond acceptors (Lipinski definition) is 2.